The summed E-state index contributed by atoms with van der Waals surface area (Å²) in [6.45, 7) is 48.3. The second kappa shape index (κ2) is 58.3. The fourth-order valence-corrected chi connectivity index (χ4v) is 8.68. The lowest BCUT2D eigenvalue weighted by molar-refractivity contribution is -0.180. The maximum atomic E-state index is 11.9. The molecule has 119 heavy (non-hydrogen) atoms. The van der Waals surface area contributed by atoms with Gasteiger partial charge in [-0.3, -0.25) is 86.2 Å². The van der Waals surface area contributed by atoms with Crippen LogP contribution in [0.4, 0.5) is 0 Å². The molecule has 0 rings (SSSR count). The van der Waals surface area contributed by atoms with Crippen molar-refractivity contribution in [3.05, 3.63) is 0 Å². The van der Waals surface area contributed by atoms with E-state index < -0.39 is 215 Å². The third-order valence-electron chi connectivity index (χ3n) is 15.4. The van der Waals surface area contributed by atoms with Crippen molar-refractivity contribution in [1.82, 2.24) is 14.8 Å². The molecule has 0 saturated carbocycles. The first kappa shape index (κ1) is 121. The number of rotatable bonds is 40. The number of carbonyl (C=O) groups is 16. The number of amides is 3. The number of aliphatic carboxylic acids is 3. The zero-order chi connectivity index (χ0) is 95.0. The number of ether oxygens (including phenoxy) is 12. The van der Waals surface area contributed by atoms with Crippen molar-refractivity contribution in [2.75, 3.05) is 71.9 Å². The van der Waals surface area contributed by atoms with E-state index in [0.717, 1.165) is 12.5 Å². The van der Waals surface area contributed by atoms with Gasteiger partial charge in [0.25, 0.3) is 0 Å². The Balaban J connectivity index is -0.000000323. The molecule has 694 valence electrons. The van der Waals surface area contributed by atoms with Crippen LogP contribution in [0.1, 0.15) is 226 Å². The molecule has 0 heterocycles. The number of sulfonamides is 2. The Bertz CT molecular complexity index is 3390. The van der Waals surface area contributed by atoms with Gasteiger partial charge in [0.05, 0.1) is 117 Å². The molecule has 13 unspecified atom stereocenters. The lowest BCUT2D eigenvalue weighted by atomic mass is 9.95. The summed E-state index contributed by atoms with van der Waals surface area (Å²) in [4.78, 5) is 183. The van der Waals surface area contributed by atoms with Crippen LogP contribution in [0.15, 0.2) is 0 Å². The normalized spacial score (nSPS) is 14.7. The number of aliphatic hydroxyl groups is 1. The molecule has 0 aromatic carbocycles. The van der Waals surface area contributed by atoms with Crippen molar-refractivity contribution >= 4 is 115 Å². The first-order chi connectivity index (χ1) is 53.6. The van der Waals surface area contributed by atoms with Gasteiger partial charge in [0.15, 0.2) is 6.29 Å². The van der Waals surface area contributed by atoms with E-state index in [0.29, 0.717) is 6.61 Å². The quantitative estimate of drug-likeness (QED) is 0.0150. The zero-order valence-corrected chi connectivity index (χ0v) is 77.0. The standard InChI is InChI=1S/C15H26O7.C14H25NO7S.C13H23NO5.C13H22O6.C12H22O5.C11H21NO6S/c1-10(11(2)14(19)22-15(3,4)5)13(18)21-9-8-20-7-6-12(16)17;1-9(10(2)13(18)22-14(3,4)5)12(17)21-8-7-11(16)15-23(6,19)20;1-8(11(17)14-7-6-10(15)16)9(2)12(18)19-13(3,4)5;1-8(11(16)18-7-6-10(14)15)9(2)12(17)19-13(3,4)5;1-8(10(14)16-7-6-13)9(2)11(15)17-12(3,4)5;1-6-17-9(4)18-11(14)8(3)7(2)10(13)12-19(5,15)16/h10-11H,6-9H2,1-5H3,(H,16,17);9-10H,7-8H2,1-6H3,(H,15,16);8-9H,6-7H2,1-5H3,(H,14,17)(H,15,16);8-9H,6-7H2,1-5H3,(H,14,15);8-9,13H,6-7H2,1-5H3;7-9H,6H2,1-5H3,(H,12,13). The fraction of sp³-hybridized carbons (Fsp3) is 0.795. The van der Waals surface area contributed by atoms with E-state index in [1.807, 2.05) is 4.72 Å². The monoisotopic (exact) mass is 1760 g/mol. The van der Waals surface area contributed by atoms with Crippen molar-refractivity contribution < 1.29 is 171 Å². The molecule has 0 aliphatic carbocycles. The van der Waals surface area contributed by atoms with Crippen LogP contribution in [-0.4, -0.2) is 239 Å². The van der Waals surface area contributed by atoms with Gasteiger partial charge in [-0.25, -0.2) is 16.8 Å². The third kappa shape index (κ3) is 67.7. The van der Waals surface area contributed by atoms with Crippen LogP contribution in [0.25, 0.3) is 0 Å². The minimum atomic E-state index is -3.64. The Morgan fingerprint density at radius 1 is 0.319 bits per heavy atom. The molecule has 0 aromatic heterocycles. The molecule has 13 atom stereocenters. The van der Waals surface area contributed by atoms with Gasteiger partial charge < -0.3 is 82.6 Å². The number of carboxylic acids is 3. The molecule has 41 heteroatoms. The number of hydrogen-bond acceptors (Lipinski definition) is 33. The van der Waals surface area contributed by atoms with Gasteiger partial charge >= 0.3 is 77.6 Å². The summed E-state index contributed by atoms with van der Waals surface area (Å²) in [5.41, 5.74) is -3.03. The highest BCUT2D eigenvalue weighted by molar-refractivity contribution is 7.89. The first-order valence-electron chi connectivity index (χ1n) is 38.4. The van der Waals surface area contributed by atoms with E-state index in [1.54, 1.807) is 185 Å². The Morgan fingerprint density at radius 2 is 0.580 bits per heavy atom. The maximum absolute atomic E-state index is 11.9. The van der Waals surface area contributed by atoms with Crippen LogP contribution >= 0.6 is 0 Å². The number of carboxylic acid groups (broad SMARTS) is 3. The Hall–Kier alpha value is -8.70. The van der Waals surface area contributed by atoms with Gasteiger partial charge in [-0.1, -0.05) is 83.1 Å². The Kier molecular flexibility index (Phi) is 59.3. The van der Waals surface area contributed by atoms with Crippen LogP contribution in [0.2, 0.25) is 0 Å². The summed E-state index contributed by atoms with van der Waals surface area (Å²) in [5.74, 6) is -17.9. The number of carbonyl (C=O) groups excluding carboxylic acids is 13. The van der Waals surface area contributed by atoms with Gasteiger partial charge in [0.2, 0.25) is 37.8 Å². The van der Waals surface area contributed by atoms with E-state index >= 15 is 0 Å². The van der Waals surface area contributed by atoms with Crippen LogP contribution in [0.3, 0.4) is 0 Å². The highest BCUT2D eigenvalue weighted by atomic mass is 32.2. The van der Waals surface area contributed by atoms with Crippen molar-refractivity contribution in [2.45, 2.75) is 261 Å². The van der Waals surface area contributed by atoms with Crippen molar-refractivity contribution in [2.24, 2.45) is 71.0 Å². The molecular weight excluding hydrogens is 1620 g/mol. The second-order valence-corrected chi connectivity index (χ2v) is 36.1. The van der Waals surface area contributed by atoms with Crippen molar-refractivity contribution in [3.8, 4) is 0 Å². The third-order valence-corrected chi connectivity index (χ3v) is 16.6. The predicted octanol–water partition coefficient (Wildman–Crippen LogP) is 6.45. The van der Waals surface area contributed by atoms with Crippen molar-refractivity contribution in [1.29, 1.82) is 0 Å². The van der Waals surface area contributed by atoms with E-state index in [4.69, 9.17) is 77.3 Å². The molecule has 0 aliphatic heterocycles. The topological polar surface area (TPSA) is 569 Å². The van der Waals surface area contributed by atoms with Gasteiger partial charge in [-0.2, -0.15) is 0 Å². The second-order valence-electron chi connectivity index (χ2n) is 32.6. The number of hydrogen-bond donors (Lipinski definition) is 7. The van der Waals surface area contributed by atoms with Crippen LogP contribution < -0.4 is 14.8 Å². The minimum absolute atomic E-state index is 0.0177. The Labute approximate surface area is 701 Å². The largest absolute Gasteiger partial charge is 0.481 e. The number of esters is 10. The summed E-state index contributed by atoms with van der Waals surface area (Å²) < 4.78 is 108. The fourth-order valence-electron chi connectivity index (χ4n) is 7.61. The molecule has 0 radical (unpaired) electrons. The molecule has 3 amide bonds. The van der Waals surface area contributed by atoms with Crippen LogP contribution in [0.5, 0.6) is 0 Å². The molecule has 0 saturated heterocycles. The van der Waals surface area contributed by atoms with Crippen LogP contribution in [-0.2, 0) is 154 Å². The van der Waals surface area contributed by atoms with Gasteiger partial charge in [0, 0.05) is 25.0 Å². The highest BCUT2D eigenvalue weighted by Crippen LogP contribution is 2.24. The van der Waals surface area contributed by atoms with E-state index in [9.17, 15) is 93.5 Å². The molecule has 39 nitrogen and oxygen atoms in total. The molecular formula is C78H139N3O36S2. The molecule has 0 aromatic rings. The highest BCUT2D eigenvalue weighted by Gasteiger charge is 2.37. The van der Waals surface area contributed by atoms with Gasteiger partial charge in [-0.15, -0.1) is 0 Å². The van der Waals surface area contributed by atoms with E-state index in [2.05, 4.69) is 5.32 Å². The lowest BCUT2D eigenvalue weighted by Gasteiger charge is -2.24. The van der Waals surface area contributed by atoms with Gasteiger partial charge in [0.1, 0.15) is 54.4 Å². The maximum Gasteiger partial charge on any atom is 0.311 e. The number of nitrogens with one attached hydrogen (secondary N) is 3. The number of aliphatic hydroxyl groups excluding tert-OH is 1. The van der Waals surface area contributed by atoms with E-state index in [1.165, 1.54) is 20.8 Å². The molecule has 0 bridgehead atoms. The smallest absolute Gasteiger partial charge is 0.311 e. The average molecular weight is 1760 g/mol. The molecule has 0 spiro atoms. The predicted molar refractivity (Wildman–Crippen MR) is 428 cm³/mol. The summed E-state index contributed by atoms with van der Waals surface area (Å²) in [7, 11) is -7.27. The Morgan fingerprint density at radius 3 is 0.866 bits per heavy atom. The zero-order valence-electron chi connectivity index (χ0n) is 75.4. The summed E-state index contributed by atoms with van der Waals surface area (Å²) in [6, 6.07) is 0. The molecule has 7 N–H and O–H groups in total. The summed E-state index contributed by atoms with van der Waals surface area (Å²) >= 11 is 0. The van der Waals surface area contributed by atoms with Gasteiger partial charge in [-0.05, 0) is 118 Å². The van der Waals surface area contributed by atoms with E-state index in [-0.39, 0.29) is 84.4 Å². The summed E-state index contributed by atoms with van der Waals surface area (Å²) in [6.07, 6.45) is 0.245. The van der Waals surface area contributed by atoms with Crippen molar-refractivity contribution in [3.63, 3.8) is 0 Å². The molecule has 0 fully saturated rings. The average Bonchev–Trinajstić information content (AvgIpc) is 0.896. The minimum Gasteiger partial charge on any atom is -0.481 e. The first-order valence-corrected chi connectivity index (χ1v) is 42.2. The van der Waals surface area contributed by atoms with Crippen LogP contribution in [0, 0.1) is 71.0 Å². The molecule has 0 aliphatic rings. The SMILES string of the molecule is CC(C(=O)NCCC(=O)O)C(C)C(=O)OC(C)(C)C.CC(C(=O)OCCC(=O)NS(C)(=O)=O)C(C)C(=O)OC(C)(C)C.CC(C(=O)OCCC(=O)O)C(C)C(=O)OC(C)(C)C.CC(C(=O)OCCO)C(C)C(=O)OC(C)(C)C.CC(C(=O)OCCOCCC(=O)O)C(C)C(=O)OC(C)(C)C.CCOC(C)OC(=O)C(C)C(C)C(=O)NS(C)(=O)=O. The summed E-state index contributed by atoms with van der Waals surface area (Å²) in [5, 5.41) is 36.3. The lowest BCUT2D eigenvalue weighted by Crippen LogP contribution is -2.39.